The Morgan fingerprint density at radius 2 is 1.68 bits per heavy atom. The zero-order valence-corrected chi connectivity index (χ0v) is 43.7. The Morgan fingerprint density at radius 1 is 0.919 bits per heavy atom. The van der Waals surface area contributed by atoms with Crippen molar-refractivity contribution in [2.24, 2.45) is 11.3 Å². The number of aromatic amines is 1. The van der Waals surface area contributed by atoms with Crippen LogP contribution in [0.15, 0.2) is 83.9 Å². The van der Waals surface area contributed by atoms with Crippen LogP contribution in [0, 0.1) is 21.4 Å². The third-order valence-corrected chi connectivity index (χ3v) is 18.8. The minimum Gasteiger partial charge on any atom is -0.470 e. The minimum atomic E-state index is -4.65. The van der Waals surface area contributed by atoms with Gasteiger partial charge < -0.3 is 39.8 Å². The van der Waals surface area contributed by atoms with E-state index in [0.717, 1.165) is 81.9 Å². The number of amides is 1. The molecule has 1 spiro atoms. The molecule has 18 heteroatoms. The fourth-order valence-electron chi connectivity index (χ4n) is 13.1. The Bertz CT molecular complexity index is 3040. The maximum Gasteiger partial charge on any atom is 0.293 e. The monoisotopic (exact) mass is 1030 g/mol. The smallest absolute Gasteiger partial charge is 0.293 e. The van der Waals surface area contributed by atoms with Crippen LogP contribution in [0.25, 0.3) is 11.0 Å². The van der Waals surface area contributed by atoms with E-state index in [4.69, 9.17) is 14.5 Å². The van der Waals surface area contributed by atoms with E-state index in [-0.39, 0.29) is 34.7 Å². The van der Waals surface area contributed by atoms with Crippen molar-refractivity contribution in [3.8, 4) is 5.88 Å². The topological polar surface area (TPSA) is 216 Å². The molecule has 5 fully saturated rings. The van der Waals surface area contributed by atoms with Crippen LogP contribution >= 0.6 is 0 Å². The molecule has 5 aromatic rings. The highest BCUT2D eigenvalue weighted by Crippen LogP contribution is 2.54. The number of aromatic nitrogens is 2. The maximum atomic E-state index is 14.8. The summed E-state index contributed by atoms with van der Waals surface area (Å²) >= 11 is 0. The SMILES string of the molecule is CC(C)c1ccccc1[C@@H]1COCCN1C1CC2(CCN(c3ccc(C(=O)NS(=O)(=O)c4ccc(NCC5CCC(C)(O)CC5)c([N+](=O)[O-])c4)c(N4c5cc6cc[nH]c6nc5O[C@@H]5C[C@](C)(O)CC[C@H]54)c3)CC2)C1. The number of anilines is 4. The summed E-state index contributed by atoms with van der Waals surface area (Å²) in [7, 11) is -4.65. The molecule has 4 atom stereocenters. The molecule has 0 unspecified atom stereocenters. The second-order valence-electron chi connectivity index (χ2n) is 23.1. The summed E-state index contributed by atoms with van der Waals surface area (Å²) in [4.78, 5) is 41.3. The number of nitrogens with one attached hydrogen (secondary N) is 3. The number of nitrogens with zero attached hydrogens (tertiary/aromatic N) is 5. The lowest BCUT2D eigenvalue weighted by atomic mass is 9.59. The number of piperidine rings is 1. The Morgan fingerprint density at radius 3 is 2.43 bits per heavy atom. The Kier molecular flexibility index (Phi) is 13.2. The molecule has 2 saturated heterocycles. The average Bonchev–Trinajstić information content (AvgIpc) is 3.83. The van der Waals surface area contributed by atoms with Gasteiger partial charge in [-0.05, 0) is 149 Å². The predicted octanol–water partition coefficient (Wildman–Crippen LogP) is 9.09. The first kappa shape index (κ1) is 50.4. The molecule has 17 nitrogen and oxygen atoms in total. The number of pyridine rings is 1. The number of benzene rings is 3. The molecule has 1 amide bonds. The van der Waals surface area contributed by atoms with Crippen molar-refractivity contribution >= 4 is 55.4 Å². The number of aliphatic hydroxyl groups is 2. The van der Waals surface area contributed by atoms with Gasteiger partial charge in [-0.25, -0.2) is 13.1 Å². The third kappa shape index (κ3) is 9.83. The molecule has 3 aliphatic heterocycles. The van der Waals surface area contributed by atoms with Gasteiger partial charge in [-0.2, -0.15) is 4.98 Å². The number of carbonyl (C=O) groups excluding carboxylic acids is 1. The number of carbonyl (C=O) groups is 1. The normalized spacial score (nSPS) is 27.3. The van der Waals surface area contributed by atoms with Gasteiger partial charge in [-0.15, -0.1) is 0 Å². The first-order valence-corrected chi connectivity index (χ1v) is 28.1. The van der Waals surface area contributed by atoms with Crippen molar-refractivity contribution in [2.45, 2.75) is 145 Å². The van der Waals surface area contributed by atoms with Gasteiger partial charge in [0.15, 0.2) is 0 Å². The zero-order valence-electron chi connectivity index (χ0n) is 42.9. The highest BCUT2D eigenvalue weighted by molar-refractivity contribution is 7.90. The number of nitro groups is 1. The largest absolute Gasteiger partial charge is 0.470 e. The summed E-state index contributed by atoms with van der Waals surface area (Å²) in [6.07, 6.45) is 9.62. The van der Waals surface area contributed by atoms with Crippen LogP contribution in [0.3, 0.4) is 0 Å². The number of sulfonamides is 1. The van der Waals surface area contributed by atoms with E-state index in [0.29, 0.717) is 80.1 Å². The molecule has 3 aliphatic carbocycles. The van der Waals surface area contributed by atoms with Crippen molar-refractivity contribution in [1.82, 2.24) is 19.6 Å². The van der Waals surface area contributed by atoms with E-state index in [1.807, 2.05) is 31.2 Å². The molecular weight excluding hydrogens is 961 g/mol. The van der Waals surface area contributed by atoms with Crippen molar-refractivity contribution in [1.29, 1.82) is 0 Å². The molecule has 74 heavy (non-hydrogen) atoms. The van der Waals surface area contributed by atoms with Crippen molar-refractivity contribution in [3.05, 3.63) is 106 Å². The highest BCUT2D eigenvalue weighted by Gasteiger charge is 2.51. The fourth-order valence-corrected chi connectivity index (χ4v) is 14.1. The Balaban J connectivity index is 0.877. The highest BCUT2D eigenvalue weighted by atomic mass is 32.2. The second kappa shape index (κ2) is 19.4. The van der Waals surface area contributed by atoms with Crippen LogP contribution in [-0.4, -0.2) is 113 Å². The van der Waals surface area contributed by atoms with Crippen molar-refractivity contribution < 1.29 is 37.8 Å². The molecule has 0 radical (unpaired) electrons. The van der Waals surface area contributed by atoms with Gasteiger partial charge in [-0.3, -0.25) is 19.8 Å². The number of morpholine rings is 1. The number of hydrogen-bond acceptors (Lipinski definition) is 14. The number of H-pyrrole nitrogens is 1. The fraction of sp³-hybridized carbons (Fsp3) is 0.536. The molecule has 3 saturated carbocycles. The van der Waals surface area contributed by atoms with Gasteiger partial charge in [-0.1, -0.05) is 38.1 Å². The molecule has 394 valence electrons. The number of fused-ring (bicyclic) bond motifs is 3. The third-order valence-electron chi connectivity index (χ3n) is 17.5. The van der Waals surface area contributed by atoms with Crippen molar-refractivity contribution in [3.63, 3.8) is 0 Å². The number of nitro benzene ring substituents is 1. The van der Waals surface area contributed by atoms with Gasteiger partial charge in [0.2, 0.25) is 5.88 Å². The lowest BCUT2D eigenvalue weighted by molar-refractivity contribution is -0.384. The summed E-state index contributed by atoms with van der Waals surface area (Å²) < 4.78 is 43.5. The van der Waals surface area contributed by atoms with E-state index >= 15 is 0 Å². The predicted molar refractivity (Wildman–Crippen MR) is 284 cm³/mol. The van der Waals surface area contributed by atoms with Gasteiger partial charge in [0.1, 0.15) is 23.1 Å². The summed E-state index contributed by atoms with van der Waals surface area (Å²) in [6.45, 7) is 12.5. The van der Waals surface area contributed by atoms with Crippen LogP contribution < -0.4 is 24.6 Å². The van der Waals surface area contributed by atoms with Gasteiger partial charge in [0.25, 0.3) is 21.6 Å². The zero-order chi connectivity index (χ0) is 51.7. The second-order valence-corrected chi connectivity index (χ2v) is 24.8. The molecular formula is C56H70N8O9S. The number of hydrogen-bond donors (Lipinski definition) is 5. The van der Waals surface area contributed by atoms with E-state index in [1.165, 1.54) is 23.3 Å². The van der Waals surface area contributed by atoms with E-state index in [2.05, 4.69) is 67.8 Å². The lowest BCUT2D eigenvalue weighted by Crippen LogP contribution is -2.58. The first-order chi connectivity index (χ1) is 35.3. The van der Waals surface area contributed by atoms with E-state index in [1.54, 1.807) is 19.2 Å². The summed E-state index contributed by atoms with van der Waals surface area (Å²) in [5.74, 6) is 0.0379. The number of ether oxygens (including phenoxy) is 2. The van der Waals surface area contributed by atoms with Crippen LogP contribution in [0.1, 0.15) is 132 Å². The van der Waals surface area contributed by atoms with Gasteiger partial charge in [0, 0.05) is 62.0 Å². The lowest BCUT2D eigenvalue weighted by Gasteiger charge is -2.57. The van der Waals surface area contributed by atoms with E-state index in [9.17, 15) is 33.5 Å². The molecule has 0 bridgehead atoms. The molecule has 11 rings (SSSR count). The standard InChI is InChI=1S/C56H70N8O9S/c1-35(2)41-7-5-6-8-42(41)49-34-72-26-25-62(49)39-30-56(31-39)20-23-61(24-21-56)38-9-11-43(46(28-38)63-45-15-19-55(4,67)32-50(45)73-53-48(63)27-37-16-22-57-51(37)59-53)52(65)60-74(70,71)40-10-12-44(47(29-40)64(68)69)58-33-36-13-17-54(3,66)18-14-36/h5-12,16,22,27-29,35-36,39,45,49-50,58,66-67H,13-15,17-21,23-26,30-34H2,1-4H3,(H,57,59)(H,60,65)/t36?,45-,49+,50-,54?,55-/m1/s1. The molecule has 2 aromatic heterocycles. The average molecular weight is 1030 g/mol. The quantitative estimate of drug-likeness (QED) is 0.0582. The van der Waals surface area contributed by atoms with Crippen LogP contribution in [0.4, 0.5) is 28.4 Å². The molecule has 5 heterocycles. The Hall–Kier alpha value is -5.79. The number of rotatable bonds is 12. The molecule has 5 N–H and O–H groups in total. The van der Waals surface area contributed by atoms with Crippen molar-refractivity contribution in [2.75, 3.05) is 54.5 Å². The van der Waals surface area contributed by atoms with Gasteiger partial charge >= 0.3 is 0 Å². The van der Waals surface area contributed by atoms with E-state index < -0.39 is 48.7 Å². The summed E-state index contributed by atoms with van der Waals surface area (Å²) in [6, 6.07) is 22.2. The van der Waals surface area contributed by atoms with Crippen LogP contribution in [0.5, 0.6) is 5.88 Å². The molecule has 3 aromatic carbocycles. The minimum absolute atomic E-state index is 0.0871. The summed E-state index contributed by atoms with van der Waals surface area (Å²) in [5, 5.41) is 38.1. The Labute approximate surface area is 433 Å². The van der Waals surface area contributed by atoms with Crippen LogP contribution in [-0.2, 0) is 14.8 Å². The first-order valence-electron chi connectivity index (χ1n) is 26.6. The van der Waals surface area contributed by atoms with Gasteiger partial charge in [0.05, 0.1) is 57.6 Å². The van der Waals surface area contributed by atoms with Crippen LogP contribution in [0.2, 0.25) is 0 Å². The summed E-state index contributed by atoms with van der Waals surface area (Å²) in [5.41, 5.74) is 3.66. The maximum absolute atomic E-state index is 14.8. The molecule has 6 aliphatic rings.